The molecule has 5 heteroatoms. The van der Waals surface area contributed by atoms with Gasteiger partial charge in [0.1, 0.15) is 5.75 Å². The Balaban J connectivity index is 2.21. The fourth-order valence-corrected chi connectivity index (χ4v) is 2.94. The number of ether oxygens (including phenoxy) is 1. The van der Waals surface area contributed by atoms with Crippen LogP contribution < -0.4 is 10.1 Å². The van der Waals surface area contributed by atoms with Gasteiger partial charge in [-0.3, -0.25) is 4.79 Å². The minimum absolute atomic E-state index is 0.0983. The standard InChI is InChI=1S/C18H19Cl2NO2/c1-4-16(12-5-8-17(23-3)11(2)9-12)21-18(22)14-7-6-13(19)10-15(14)20/h5-10,16H,4H2,1-3H3,(H,21,22)/t16-/m0/s1. The van der Waals surface area contributed by atoms with Crippen LogP contribution in [0.2, 0.25) is 10.0 Å². The van der Waals surface area contributed by atoms with Gasteiger partial charge in [0.15, 0.2) is 0 Å². The third-order valence-corrected chi connectivity index (χ3v) is 4.26. The van der Waals surface area contributed by atoms with Gasteiger partial charge in [0.25, 0.3) is 5.91 Å². The Labute approximate surface area is 146 Å². The number of carbonyl (C=O) groups excluding carboxylic acids is 1. The van der Waals surface area contributed by atoms with Crippen molar-refractivity contribution >= 4 is 29.1 Å². The number of amides is 1. The zero-order valence-corrected chi connectivity index (χ0v) is 14.8. The highest BCUT2D eigenvalue weighted by Crippen LogP contribution is 2.26. The SMILES string of the molecule is CC[C@H](NC(=O)c1ccc(Cl)cc1Cl)c1ccc(OC)c(C)c1. The van der Waals surface area contributed by atoms with Crippen LogP contribution in [-0.4, -0.2) is 13.0 Å². The van der Waals surface area contributed by atoms with Crippen molar-refractivity contribution in [3.63, 3.8) is 0 Å². The minimum Gasteiger partial charge on any atom is -0.496 e. The summed E-state index contributed by atoms with van der Waals surface area (Å²) in [5, 5.41) is 3.86. The van der Waals surface area contributed by atoms with E-state index >= 15 is 0 Å². The molecule has 0 aliphatic carbocycles. The first kappa shape index (κ1) is 17.6. The highest BCUT2D eigenvalue weighted by Gasteiger charge is 2.17. The molecule has 0 aromatic heterocycles. The van der Waals surface area contributed by atoms with Crippen molar-refractivity contribution in [1.29, 1.82) is 0 Å². The molecule has 122 valence electrons. The normalized spacial score (nSPS) is 11.9. The molecule has 2 aromatic rings. The van der Waals surface area contributed by atoms with E-state index in [-0.39, 0.29) is 11.9 Å². The van der Waals surface area contributed by atoms with E-state index in [1.165, 1.54) is 0 Å². The van der Waals surface area contributed by atoms with Crippen LogP contribution in [0, 0.1) is 6.92 Å². The molecule has 0 unspecified atom stereocenters. The third kappa shape index (κ3) is 4.18. The van der Waals surface area contributed by atoms with E-state index in [4.69, 9.17) is 27.9 Å². The van der Waals surface area contributed by atoms with Gasteiger partial charge in [0, 0.05) is 5.02 Å². The predicted octanol–water partition coefficient (Wildman–Crippen LogP) is 5.19. The van der Waals surface area contributed by atoms with Crippen LogP contribution in [-0.2, 0) is 0 Å². The van der Waals surface area contributed by atoms with Crippen molar-refractivity contribution in [3.8, 4) is 5.75 Å². The molecule has 2 aromatic carbocycles. The first-order chi connectivity index (χ1) is 11.0. The Morgan fingerprint density at radius 3 is 2.52 bits per heavy atom. The number of rotatable bonds is 5. The molecule has 1 atom stereocenters. The Hall–Kier alpha value is -1.71. The lowest BCUT2D eigenvalue weighted by molar-refractivity contribution is 0.0935. The number of hydrogen-bond acceptors (Lipinski definition) is 2. The van der Waals surface area contributed by atoms with Crippen LogP contribution in [0.5, 0.6) is 5.75 Å². The summed E-state index contributed by atoms with van der Waals surface area (Å²) in [5.74, 6) is 0.614. The monoisotopic (exact) mass is 351 g/mol. The summed E-state index contributed by atoms with van der Waals surface area (Å²) in [4.78, 5) is 12.5. The first-order valence-electron chi connectivity index (χ1n) is 7.36. The van der Waals surface area contributed by atoms with E-state index in [0.717, 1.165) is 23.3 Å². The van der Waals surface area contributed by atoms with Crippen molar-refractivity contribution < 1.29 is 9.53 Å². The molecule has 1 N–H and O–H groups in total. The topological polar surface area (TPSA) is 38.3 Å². The maximum atomic E-state index is 12.5. The largest absolute Gasteiger partial charge is 0.496 e. The van der Waals surface area contributed by atoms with E-state index < -0.39 is 0 Å². The molecule has 0 bridgehead atoms. The smallest absolute Gasteiger partial charge is 0.253 e. The Morgan fingerprint density at radius 1 is 1.22 bits per heavy atom. The van der Waals surface area contributed by atoms with E-state index in [2.05, 4.69) is 5.32 Å². The highest BCUT2D eigenvalue weighted by molar-refractivity contribution is 6.36. The van der Waals surface area contributed by atoms with E-state index in [1.54, 1.807) is 25.3 Å². The summed E-state index contributed by atoms with van der Waals surface area (Å²) >= 11 is 12.0. The van der Waals surface area contributed by atoms with Gasteiger partial charge in [-0.05, 0) is 48.7 Å². The van der Waals surface area contributed by atoms with E-state index in [0.29, 0.717) is 15.6 Å². The van der Waals surface area contributed by atoms with Gasteiger partial charge in [-0.1, -0.05) is 42.3 Å². The van der Waals surface area contributed by atoms with Crippen LogP contribution in [0.25, 0.3) is 0 Å². The van der Waals surface area contributed by atoms with Gasteiger partial charge in [0.2, 0.25) is 0 Å². The number of aryl methyl sites for hydroxylation is 1. The second-order valence-corrected chi connectivity index (χ2v) is 6.13. The van der Waals surface area contributed by atoms with Crippen LogP contribution in [0.1, 0.15) is 40.9 Å². The predicted molar refractivity (Wildman–Crippen MR) is 94.7 cm³/mol. The van der Waals surface area contributed by atoms with Gasteiger partial charge in [-0.15, -0.1) is 0 Å². The van der Waals surface area contributed by atoms with Crippen molar-refractivity contribution in [2.24, 2.45) is 0 Å². The summed E-state index contributed by atoms with van der Waals surface area (Å²) in [6, 6.07) is 10.7. The van der Waals surface area contributed by atoms with Crippen molar-refractivity contribution in [2.45, 2.75) is 26.3 Å². The van der Waals surface area contributed by atoms with E-state index in [1.807, 2.05) is 32.0 Å². The van der Waals surface area contributed by atoms with Crippen LogP contribution in [0.4, 0.5) is 0 Å². The second kappa shape index (κ2) is 7.71. The fourth-order valence-electron chi connectivity index (χ4n) is 2.45. The molecule has 0 saturated heterocycles. The Morgan fingerprint density at radius 2 is 1.96 bits per heavy atom. The zero-order chi connectivity index (χ0) is 17.0. The highest BCUT2D eigenvalue weighted by atomic mass is 35.5. The average Bonchev–Trinajstić information content (AvgIpc) is 2.52. The summed E-state index contributed by atoms with van der Waals surface area (Å²) in [6.45, 7) is 4.00. The van der Waals surface area contributed by atoms with Crippen LogP contribution >= 0.6 is 23.2 Å². The Bertz CT molecular complexity index is 716. The summed E-state index contributed by atoms with van der Waals surface area (Å²) < 4.78 is 5.27. The number of methoxy groups -OCH3 is 1. The number of hydrogen-bond donors (Lipinski definition) is 1. The molecular formula is C18H19Cl2NO2. The van der Waals surface area contributed by atoms with Gasteiger partial charge < -0.3 is 10.1 Å². The number of halogens is 2. The van der Waals surface area contributed by atoms with Crippen molar-refractivity contribution in [3.05, 3.63) is 63.1 Å². The zero-order valence-electron chi connectivity index (χ0n) is 13.3. The molecule has 0 aliphatic rings. The van der Waals surface area contributed by atoms with E-state index in [9.17, 15) is 4.79 Å². The molecule has 0 saturated carbocycles. The average molecular weight is 352 g/mol. The van der Waals surface area contributed by atoms with Crippen LogP contribution in [0.15, 0.2) is 36.4 Å². The molecular weight excluding hydrogens is 333 g/mol. The molecule has 1 amide bonds. The fraction of sp³-hybridized carbons (Fsp3) is 0.278. The second-order valence-electron chi connectivity index (χ2n) is 5.29. The van der Waals surface area contributed by atoms with Crippen molar-refractivity contribution in [2.75, 3.05) is 7.11 Å². The maximum Gasteiger partial charge on any atom is 0.253 e. The summed E-state index contributed by atoms with van der Waals surface area (Å²) in [5.41, 5.74) is 2.48. The molecule has 0 aliphatic heterocycles. The summed E-state index contributed by atoms with van der Waals surface area (Å²) in [7, 11) is 1.64. The van der Waals surface area contributed by atoms with Crippen LogP contribution in [0.3, 0.4) is 0 Å². The van der Waals surface area contributed by atoms with Gasteiger partial charge >= 0.3 is 0 Å². The van der Waals surface area contributed by atoms with Crippen molar-refractivity contribution in [1.82, 2.24) is 5.32 Å². The molecule has 3 nitrogen and oxygen atoms in total. The maximum absolute atomic E-state index is 12.5. The lowest BCUT2D eigenvalue weighted by Gasteiger charge is -2.19. The van der Waals surface area contributed by atoms with Gasteiger partial charge in [0.05, 0.1) is 23.7 Å². The molecule has 0 spiro atoms. The summed E-state index contributed by atoms with van der Waals surface area (Å²) in [6.07, 6.45) is 0.767. The quantitative estimate of drug-likeness (QED) is 0.804. The molecule has 2 rings (SSSR count). The first-order valence-corrected chi connectivity index (χ1v) is 8.12. The lowest BCUT2D eigenvalue weighted by atomic mass is 10.0. The number of benzene rings is 2. The molecule has 0 fully saturated rings. The number of nitrogens with one attached hydrogen (secondary N) is 1. The number of carbonyl (C=O) groups is 1. The van der Waals surface area contributed by atoms with Gasteiger partial charge in [-0.2, -0.15) is 0 Å². The minimum atomic E-state index is -0.216. The Kier molecular flexibility index (Phi) is 5.91. The third-order valence-electron chi connectivity index (χ3n) is 3.71. The lowest BCUT2D eigenvalue weighted by Crippen LogP contribution is -2.28. The molecule has 0 heterocycles. The molecule has 0 radical (unpaired) electrons. The molecule has 23 heavy (non-hydrogen) atoms. The van der Waals surface area contributed by atoms with Gasteiger partial charge in [-0.25, -0.2) is 0 Å².